The van der Waals surface area contributed by atoms with Crippen molar-refractivity contribution < 1.29 is 12.8 Å². The van der Waals surface area contributed by atoms with Crippen molar-refractivity contribution in [3.63, 3.8) is 0 Å². The molecular weight excluding hydrogens is 359 g/mol. The SMILES string of the molecule is Cc1ccc(Br)cc1NS(=O)(=O)c1cc(CN)ccc1F. The first-order chi connectivity index (χ1) is 9.83. The predicted molar refractivity (Wildman–Crippen MR) is 84.0 cm³/mol. The summed E-state index contributed by atoms with van der Waals surface area (Å²) in [7, 11) is -4.02. The Morgan fingerprint density at radius 2 is 1.95 bits per heavy atom. The highest BCUT2D eigenvalue weighted by molar-refractivity contribution is 9.10. The van der Waals surface area contributed by atoms with E-state index in [0.29, 0.717) is 11.3 Å². The molecule has 0 amide bonds. The molecule has 7 heteroatoms. The molecule has 0 bridgehead atoms. The molecule has 0 heterocycles. The lowest BCUT2D eigenvalue weighted by molar-refractivity contribution is 0.569. The largest absolute Gasteiger partial charge is 0.326 e. The second kappa shape index (κ2) is 6.13. The van der Waals surface area contributed by atoms with Gasteiger partial charge in [-0.25, -0.2) is 12.8 Å². The van der Waals surface area contributed by atoms with E-state index in [1.165, 1.54) is 12.1 Å². The standard InChI is InChI=1S/C14H14BrFN2O2S/c1-9-2-4-11(15)7-13(9)18-21(19,20)14-6-10(8-17)3-5-12(14)16/h2-7,18H,8,17H2,1H3. The van der Waals surface area contributed by atoms with Crippen LogP contribution in [0.15, 0.2) is 45.8 Å². The Bertz CT molecular complexity index is 779. The number of benzene rings is 2. The number of nitrogens with two attached hydrogens (primary N) is 1. The van der Waals surface area contributed by atoms with Gasteiger partial charge in [-0.15, -0.1) is 0 Å². The third kappa shape index (κ3) is 3.61. The second-order valence-corrected chi connectivity index (χ2v) is 7.10. The highest BCUT2D eigenvalue weighted by Crippen LogP contribution is 2.25. The molecule has 2 aromatic carbocycles. The van der Waals surface area contributed by atoms with Crippen LogP contribution < -0.4 is 10.5 Å². The summed E-state index contributed by atoms with van der Waals surface area (Å²) in [6, 6.07) is 8.98. The van der Waals surface area contributed by atoms with Crippen LogP contribution in [0.3, 0.4) is 0 Å². The van der Waals surface area contributed by atoms with Gasteiger partial charge in [0, 0.05) is 11.0 Å². The zero-order valence-corrected chi connectivity index (χ0v) is 13.6. The van der Waals surface area contributed by atoms with Crippen LogP contribution in [0.5, 0.6) is 0 Å². The normalized spacial score (nSPS) is 11.4. The van der Waals surface area contributed by atoms with Crippen molar-refractivity contribution in [2.75, 3.05) is 4.72 Å². The smallest absolute Gasteiger partial charge is 0.264 e. The molecule has 4 nitrogen and oxygen atoms in total. The van der Waals surface area contributed by atoms with Crippen LogP contribution in [0.1, 0.15) is 11.1 Å². The van der Waals surface area contributed by atoms with E-state index in [0.717, 1.165) is 16.1 Å². The number of nitrogens with one attached hydrogen (secondary N) is 1. The zero-order chi connectivity index (χ0) is 15.6. The maximum Gasteiger partial charge on any atom is 0.264 e. The third-order valence-electron chi connectivity index (χ3n) is 2.96. The summed E-state index contributed by atoms with van der Waals surface area (Å²) >= 11 is 3.27. The first-order valence-corrected chi connectivity index (χ1v) is 8.38. The first kappa shape index (κ1) is 15.9. The van der Waals surface area contributed by atoms with E-state index in [1.807, 2.05) is 0 Å². The highest BCUT2D eigenvalue weighted by Gasteiger charge is 2.20. The number of halogens is 2. The van der Waals surface area contributed by atoms with Gasteiger partial charge in [-0.3, -0.25) is 4.72 Å². The van der Waals surface area contributed by atoms with Crippen LogP contribution in [-0.2, 0) is 16.6 Å². The molecule has 0 saturated heterocycles. The predicted octanol–water partition coefficient (Wildman–Crippen LogP) is 3.16. The molecule has 0 aromatic heterocycles. The topological polar surface area (TPSA) is 72.2 Å². The fraction of sp³-hybridized carbons (Fsp3) is 0.143. The lowest BCUT2D eigenvalue weighted by Crippen LogP contribution is -2.16. The molecule has 2 aromatic rings. The van der Waals surface area contributed by atoms with Crippen LogP contribution >= 0.6 is 15.9 Å². The summed E-state index contributed by atoms with van der Waals surface area (Å²) in [5, 5.41) is 0. The Morgan fingerprint density at radius 3 is 2.62 bits per heavy atom. The quantitative estimate of drug-likeness (QED) is 0.865. The van der Waals surface area contributed by atoms with Gasteiger partial charge in [0.25, 0.3) is 10.0 Å². The first-order valence-electron chi connectivity index (χ1n) is 6.11. The molecule has 112 valence electrons. The number of hydrogen-bond donors (Lipinski definition) is 2. The summed E-state index contributed by atoms with van der Waals surface area (Å²) < 4.78 is 41.6. The van der Waals surface area contributed by atoms with Crippen molar-refractivity contribution >= 4 is 31.6 Å². The van der Waals surface area contributed by atoms with Crippen molar-refractivity contribution in [2.24, 2.45) is 5.73 Å². The summed E-state index contributed by atoms with van der Waals surface area (Å²) in [6.45, 7) is 1.90. The molecule has 3 N–H and O–H groups in total. The van der Waals surface area contributed by atoms with Crippen LogP contribution in [0, 0.1) is 12.7 Å². The molecule has 0 aliphatic carbocycles. The van der Waals surface area contributed by atoms with E-state index in [4.69, 9.17) is 5.73 Å². The molecule has 0 unspecified atom stereocenters. The van der Waals surface area contributed by atoms with Crippen molar-refractivity contribution in [1.29, 1.82) is 0 Å². The van der Waals surface area contributed by atoms with Crippen LogP contribution in [0.4, 0.5) is 10.1 Å². The molecule has 21 heavy (non-hydrogen) atoms. The molecule has 0 saturated carbocycles. The van der Waals surface area contributed by atoms with Gasteiger partial charge in [-0.05, 0) is 42.3 Å². The summed E-state index contributed by atoms with van der Waals surface area (Å²) in [5.74, 6) is -0.813. The Labute approximate surface area is 131 Å². The fourth-order valence-electron chi connectivity index (χ4n) is 1.78. The highest BCUT2D eigenvalue weighted by atomic mass is 79.9. The summed E-state index contributed by atoms with van der Waals surface area (Å²) in [6.07, 6.45) is 0. The minimum Gasteiger partial charge on any atom is -0.326 e. The maximum atomic E-state index is 13.8. The molecular formula is C14H14BrFN2O2S. The zero-order valence-electron chi connectivity index (χ0n) is 11.2. The molecule has 0 spiro atoms. The lowest BCUT2D eigenvalue weighted by Gasteiger charge is -2.12. The van der Waals surface area contributed by atoms with Crippen LogP contribution in [0.2, 0.25) is 0 Å². The Hall–Kier alpha value is -1.44. The van der Waals surface area contributed by atoms with Gasteiger partial charge in [0.1, 0.15) is 10.7 Å². The van der Waals surface area contributed by atoms with Gasteiger partial charge in [-0.1, -0.05) is 28.1 Å². The number of hydrogen-bond acceptors (Lipinski definition) is 3. The van der Waals surface area contributed by atoms with Crippen molar-refractivity contribution in [3.05, 3.63) is 57.8 Å². The molecule has 0 radical (unpaired) electrons. The third-order valence-corrected chi connectivity index (χ3v) is 4.84. The van der Waals surface area contributed by atoms with Gasteiger partial charge in [0.15, 0.2) is 0 Å². The molecule has 0 aliphatic rings. The number of rotatable bonds is 4. The van der Waals surface area contributed by atoms with Gasteiger partial charge in [0.2, 0.25) is 0 Å². The molecule has 2 rings (SSSR count). The van der Waals surface area contributed by atoms with E-state index in [1.54, 1.807) is 25.1 Å². The van der Waals surface area contributed by atoms with Gasteiger partial charge < -0.3 is 5.73 Å². The van der Waals surface area contributed by atoms with Gasteiger partial charge in [-0.2, -0.15) is 0 Å². The minimum atomic E-state index is -4.02. The average molecular weight is 373 g/mol. The van der Waals surface area contributed by atoms with E-state index in [-0.39, 0.29) is 6.54 Å². The summed E-state index contributed by atoms with van der Waals surface area (Å²) in [5.41, 5.74) is 7.13. The number of sulfonamides is 1. The monoisotopic (exact) mass is 372 g/mol. The van der Waals surface area contributed by atoms with Crippen molar-refractivity contribution in [3.8, 4) is 0 Å². The lowest BCUT2D eigenvalue weighted by atomic mass is 10.2. The Morgan fingerprint density at radius 1 is 1.24 bits per heavy atom. The van der Waals surface area contributed by atoms with Crippen molar-refractivity contribution in [2.45, 2.75) is 18.4 Å². The second-order valence-electron chi connectivity index (χ2n) is 4.53. The van der Waals surface area contributed by atoms with E-state index in [9.17, 15) is 12.8 Å². The molecule has 0 fully saturated rings. The van der Waals surface area contributed by atoms with Crippen LogP contribution in [-0.4, -0.2) is 8.42 Å². The number of aryl methyl sites for hydroxylation is 1. The van der Waals surface area contributed by atoms with Crippen molar-refractivity contribution in [1.82, 2.24) is 0 Å². The van der Waals surface area contributed by atoms with E-state index in [2.05, 4.69) is 20.7 Å². The Balaban J connectivity index is 2.45. The average Bonchev–Trinajstić information content (AvgIpc) is 2.43. The fourth-order valence-corrected chi connectivity index (χ4v) is 3.40. The molecule has 0 atom stereocenters. The Kier molecular flexibility index (Phi) is 4.65. The number of anilines is 1. The maximum absolute atomic E-state index is 13.8. The van der Waals surface area contributed by atoms with E-state index >= 15 is 0 Å². The van der Waals surface area contributed by atoms with Crippen LogP contribution in [0.25, 0.3) is 0 Å². The minimum absolute atomic E-state index is 0.138. The molecule has 0 aliphatic heterocycles. The summed E-state index contributed by atoms with van der Waals surface area (Å²) in [4.78, 5) is -0.412. The van der Waals surface area contributed by atoms with E-state index < -0.39 is 20.7 Å². The van der Waals surface area contributed by atoms with Gasteiger partial charge in [0.05, 0.1) is 5.69 Å². The van der Waals surface area contributed by atoms with Gasteiger partial charge >= 0.3 is 0 Å².